The molecule has 1 aromatic rings. The maximum atomic E-state index is 3.06. The molecule has 0 bridgehead atoms. The zero-order valence-electron chi connectivity index (χ0n) is 7.32. The van der Waals surface area contributed by atoms with E-state index in [2.05, 4.69) is 17.0 Å². The molecule has 0 aliphatic carbocycles. The minimum absolute atomic E-state index is 0. The molecule has 0 amide bonds. The zero-order valence-corrected chi connectivity index (χ0v) is 10.3. The van der Waals surface area contributed by atoms with Crippen LogP contribution in [-0.2, 0) is 21.1 Å². The Bertz CT molecular complexity index is 275. The molecule has 0 unspecified atom stereocenters. The molecule has 0 saturated heterocycles. The van der Waals surface area contributed by atoms with Crippen LogP contribution in [0.2, 0.25) is 0 Å². The zero-order chi connectivity index (χ0) is 8.39. The Morgan fingerprint density at radius 3 is 2.92 bits per heavy atom. The first-order valence-electron chi connectivity index (χ1n) is 3.94. The molecule has 2 rings (SSSR count). The van der Waals surface area contributed by atoms with Crippen LogP contribution < -0.4 is 16.0 Å². The van der Waals surface area contributed by atoms with Crippen molar-refractivity contribution in [1.82, 2.24) is 5.53 Å². The van der Waals surface area contributed by atoms with Gasteiger partial charge in [-0.2, -0.15) is 6.92 Å². The minimum atomic E-state index is 0. The fraction of sp³-hybridized carbons (Fsp3) is 0.111. The molecule has 1 aromatic carbocycles. The van der Waals surface area contributed by atoms with Crippen LogP contribution in [-0.4, -0.2) is 0 Å². The van der Waals surface area contributed by atoms with Gasteiger partial charge in [0.1, 0.15) is 0 Å². The monoisotopic (exact) mass is 345 g/mol. The Morgan fingerprint density at radius 2 is 2.15 bits per heavy atom. The van der Waals surface area contributed by atoms with Crippen LogP contribution in [0, 0.1) is 13.0 Å². The maximum absolute atomic E-state index is 3.06. The second-order valence-corrected chi connectivity index (χ2v) is 2.61. The number of hydrogen-bond donors (Lipinski definition) is 2. The van der Waals surface area contributed by atoms with Crippen molar-refractivity contribution in [3.63, 3.8) is 0 Å². The van der Waals surface area contributed by atoms with Gasteiger partial charge in [-0.25, -0.2) is 0 Å². The number of hydrogen-bond acceptors (Lipinski definition) is 3. The third kappa shape index (κ3) is 2.04. The average molecular weight is 345 g/mol. The van der Waals surface area contributed by atoms with E-state index in [0.717, 1.165) is 11.4 Å². The molecule has 0 fully saturated rings. The number of fused-ring (bicyclic) bond motifs is 1. The number of rotatable bonds is 2. The molecule has 1 radical (unpaired) electrons. The largest absolute Gasteiger partial charge is 0.316 e. The fourth-order valence-electron chi connectivity index (χ4n) is 1.24. The summed E-state index contributed by atoms with van der Waals surface area (Å²) < 4.78 is 0. The number of para-hydroxylation sites is 2. The van der Waals surface area contributed by atoms with Gasteiger partial charge < -0.3 is 16.9 Å². The molecular weight excluding hydrogens is 334 g/mol. The Balaban J connectivity index is 0.000000845. The van der Waals surface area contributed by atoms with Crippen LogP contribution in [0.3, 0.4) is 0 Å². The summed E-state index contributed by atoms with van der Waals surface area (Å²) in [4.78, 5) is 0. The van der Waals surface area contributed by atoms with Gasteiger partial charge in [-0.05, 0) is 12.1 Å². The Kier molecular flexibility index (Phi) is 3.76. The molecule has 1 heterocycles. The van der Waals surface area contributed by atoms with Gasteiger partial charge in [0.05, 0.1) is 11.4 Å². The summed E-state index contributed by atoms with van der Waals surface area (Å²) >= 11 is 0. The van der Waals surface area contributed by atoms with E-state index in [0.29, 0.717) is 0 Å². The minimum Gasteiger partial charge on any atom is -0.316 e. The SMILES string of the molecule is C[CH-][CH]N1NNc2ccccc21.[W]. The number of hydrazine groups is 2. The van der Waals surface area contributed by atoms with Crippen molar-refractivity contribution in [1.29, 1.82) is 0 Å². The maximum Gasteiger partial charge on any atom is 0.0755 e. The van der Waals surface area contributed by atoms with Gasteiger partial charge >= 0.3 is 0 Å². The summed E-state index contributed by atoms with van der Waals surface area (Å²) in [5.74, 6) is 0. The van der Waals surface area contributed by atoms with E-state index < -0.39 is 0 Å². The van der Waals surface area contributed by atoms with Crippen molar-refractivity contribution in [2.75, 3.05) is 10.4 Å². The Morgan fingerprint density at radius 1 is 1.38 bits per heavy atom. The smallest absolute Gasteiger partial charge is 0.0755 e. The third-order valence-corrected chi connectivity index (χ3v) is 1.77. The van der Waals surface area contributed by atoms with Gasteiger partial charge in [-0.3, -0.25) is 0 Å². The van der Waals surface area contributed by atoms with Gasteiger partial charge in [-0.1, -0.05) is 18.7 Å². The van der Waals surface area contributed by atoms with E-state index in [4.69, 9.17) is 0 Å². The van der Waals surface area contributed by atoms with E-state index in [1.807, 2.05) is 43.1 Å². The Hall–Kier alpha value is -0.532. The van der Waals surface area contributed by atoms with Gasteiger partial charge in [0.15, 0.2) is 0 Å². The molecule has 0 saturated carbocycles. The molecule has 1 aliphatic rings. The fourth-order valence-corrected chi connectivity index (χ4v) is 1.24. The van der Waals surface area contributed by atoms with Crippen LogP contribution in [0.4, 0.5) is 11.4 Å². The molecular formula is C9H11N3W-. The molecule has 4 heteroatoms. The van der Waals surface area contributed by atoms with E-state index in [1.54, 1.807) is 0 Å². The van der Waals surface area contributed by atoms with Crippen molar-refractivity contribution < 1.29 is 21.1 Å². The van der Waals surface area contributed by atoms with E-state index in [9.17, 15) is 0 Å². The normalized spacial score (nSPS) is 13.2. The number of nitrogens with zero attached hydrogens (tertiary/aromatic N) is 1. The van der Waals surface area contributed by atoms with Gasteiger partial charge in [0, 0.05) is 21.1 Å². The predicted molar refractivity (Wildman–Crippen MR) is 50.0 cm³/mol. The molecule has 3 nitrogen and oxygen atoms in total. The molecule has 0 spiro atoms. The second kappa shape index (κ2) is 4.63. The summed E-state index contributed by atoms with van der Waals surface area (Å²) in [5, 5.41) is 1.94. The third-order valence-electron chi connectivity index (χ3n) is 1.77. The van der Waals surface area contributed by atoms with Crippen LogP contribution >= 0.6 is 0 Å². The first-order valence-corrected chi connectivity index (χ1v) is 3.94. The van der Waals surface area contributed by atoms with Crippen LogP contribution in [0.1, 0.15) is 6.92 Å². The van der Waals surface area contributed by atoms with Crippen molar-refractivity contribution in [3.8, 4) is 0 Å². The Labute approximate surface area is 92.7 Å². The topological polar surface area (TPSA) is 27.3 Å². The van der Waals surface area contributed by atoms with Crippen molar-refractivity contribution >= 4 is 11.4 Å². The second-order valence-electron chi connectivity index (χ2n) is 2.61. The number of nitrogens with one attached hydrogen (secondary N) is 2. The molecule has 0 atom stereocenters. The average Bonchev–Trinajstić information content (AvgIpc) is 2.50. The summed E-state index contributed by atoms with van der Waals surface area (Å²) in [5.41, 5.74) is 8.33. The van der Waals surface area contributed by atoms with E-state index in [1.165, 1.54) is 0 Å². The predicted octanol–water partition coefficient (Wildman–Crippen LogP) is 1.72. The summed E-state index contributed by atoms with van der Waals surface area (Å²) in [6.45, 7) is 3.96. The number of anilines is 2. The molecule has 1 aliphatic heterocycles. The summed E-state index contributed by atoms with van der Waals surface area (Å²) in [6, 6.07) is 8.12. The summed E-state index contributed by atoms with van der Waals surface area (Å²) in [6.07, 6.45) is 1.98. The van der Waals surface area contributed by atoms with E-state index >= 15 is 0 Å². The molecule has 13 heavy (non-hydrogen) atoms. The van der Waals surface area contributed by atoms with Crippen molar-refractivity contribution in [2.24, 2.45) is 0 Å². The van der Waals surface area contributed by atoms with Gasteiger partial charge in [0.25, 0.3) is 0 Å². The first-order chi connectivity index (χ1) is 5.92. The van der Waals surface area contributed by atoms with Crippen molar-refractivity contribution in [3.05, 3.63) is 37.2 Å². The molecule has 69 valence electrons. The van der Waals surface area contributed by atoms with Crippen LogP contribution in [0.5, 0.6) is 0 Å². The first kappa shape index (κ1) is 10.5. The molecule has 2 N–H and O–H groups in total. The quantitative estimate of drug-likeness (QED) is 0.800. The number of benzene rings is 1. The van der Waals surface area contributed by atoms with E-state index in [-0.39, 0.29) is 21.1 Å². The van der Waals surface area contributed by atoms with Crippen LogP contribution in [0.25, 0.3) is 0 Å². The molecule has 0 aromatic heterocycles. The standard InChI is InChI=1S/C9H11N3.W/c1-2-7-12-9-6-4-3-5-8(9)10-11-12;/h2-7,10-11H,1H3;/q-1;. The summed E-state index contributed by atoms with van der Waals surface area (Å²) in [7, 11) is 0. The van der Waals surface area contributed by atoms with Gasteiger partial charge in [0.2, 0.25) is 0 Å². The van der Waals surface area contributed by atoms with Gasteiger partial charge in [-0.15, -0.1) is 5.53 Å². The van der Waals surface area contributed by atoms with Crippen LogP contribution in [0.15, 0.2) is 24.3 Å². The van der Waals surface area contributed by atoms with Crippen molar-refractivity contribution in [2.45, 2.75) is 6.92 Å².